The predicted molar refractivity (Wildman–Crippen MR) is 111 cm³/mol. The van der Waals surface area contributed by atoms with Gasteiger partial charge in [-0.2, -0.15) is 0 Å². The van der Waals surface area contributed by atoms with Gasteiger partial charge in [-0.15, -0.1) is 11.8 Å². The number of carbonyl (C=O) groups excluding carboxylic acids is 2. The Kier molecular flexibility index (Phi) is 7.02. The summed E-state index contributed by atoms with van der Waals surface area (Å²) >= 11 is 1.65. The molecule has 1 aromatic carbocycles. The van der Waals surface area contributed by atoms with E-state index in [4.69, 9.17) is 4.74 Å². The van der Waals surface area contributed by atoms with Crippen molar-refractivity contribution in [2.75, 3.05) is 32.5 Å². The van der Waals surface area contributed by atoms with Crippen molar-refractivity contribution < 1.29 is 14.3 Å². The standard InChI is InChI=1S/C21H29N3O3S/c1-4-27-20(25)18-17(13-24-11-9-14(2)10-12-24)22-21(26)23-19(18)15-5-7-16(28-3)8-6-15/h5-8,14,19H,4,9-13H2,1-3H3,(H2,22,23,26). The fourth-order valence-corrected chi connectivity index (χ4v) is 4.09. The number of carbonyl (C=O) groups is 2. The van der Waals surface area contributed by atoms with Gasteiger partial charge in [-0.1, -0.05) is 19.1 Å². The molecule has 7 heteroatoms. The molecule has 28 heavy (non-hydrogen) atoms. The predicted octanol–water partition coefficient (Wildman–Crippen LogP) is 3.31. The van der Waals surface area contributed by atoms with Gasteiger partial charge in [0.15, 0.2) is 0 Å². The molecule has 2 amide bonds. The van der Waals surface area contributed by atoms with E-state index in [1.165, 1.54) is 0 Å². The lowest BCUT2D eigenvalue weighted by Crippen LogP contribution is -2.49. The Balaban J connectivity index is 1.93. The molecule has 6 nitrogen and oxygen atoms in total. The number of piperidine rings is 1. The SMILES string of the molecule is CCOC(=O)C1=C(CN2CCC(C)CC2)NC(=O)NC1c1ccc(SC)cc1. The van der Waals surface area contributed by atoms with Crippen molar-refractivity contribution in [3.63, 3.8) is 0 Å². The Bertz CT molecular complexity index is 740. The maximum Gasteiger partial charge on any atom is 0.338 e. The topological polar surface area (TPSA) is 70.7 Å². The van der Waals surface area contributed by atoms with Crippen molar-refractivity contribution in [1.29, 1.82) is 0 Å². The second kappa shape index (κ2) is 9.47. The summed E-state index contributed by atoms with van der Waals surface area (Å²) in [6, 6.07) is 7.13. The lowest BCUT2D eigenvalue weighted by atomic mass is 9.94. The van der Waals surface area contributed by atoms with E-state index in [-0.39, 0.29) is 12.0 Å². The number of benzene rings is 1. The van der Waals surface area contributed by atoms with Gasteiger partial charge in [0.2, 0.25) is 0 Å². The van der Waals surface area contributed by atoms with Crippen LogP contribution < -0.4 is 10.6 Å². The van der Waals surface area contributed by atoms with Crippen molar-refractivity contribution >= 4 is 23.8 Å². The van der Waals surface area contributed by atoms with Crippen molar-refractivity contribution in [1.82, 2.24) is 15.5 Å². The maximum atomic E-state index is 12.8. The third kappa shape index (κ3) is 4.89. The van der Waals surface area contributed by atoms with Crippen LogP contribution in [0, 0.1) is 5.92 Å². The van der Waals surface area contributed by atoms with Gasteiger partial charge in [0.05, 0.1) is 18.2 Å². The van der Waals surface area contributed by atoms with Crippen molar-refractivity contribution in [2.45, 2.75) is 37.6 Å². The number of urea groups is 1. The summed E-state index contributed by atoms with van der Waals surface area (Å²) < 4.78 is 5.34. The number of thioether (sulfide) groups is 1. The first-order valence-electron chi connectivity index (χ1n) is 9.85. The van der Waals surface area contributed by atoms with E-state index in [1.807, 2.05) is 30.5 Å². The van der Waals surface area contributed by atoms with Crippen LogP contribution in [0.3, 0.4) is 0 Å². The smallest absolute Gasteiger partial charge is 0.338 e. The van der Waals surface area contributed by atoms with Gasteiger partial charge in [0, 0.05) is 17.1 Å². The molecule has 1 aromatic rings. The normalized spacial score (nSPS) is 21.2. The van der Waals surface area contributed by atoms with Gasteiger partial charge >= 0.3 is 12.0 Å². The zero-order valence-electron chi connectivity index (χ0n) is 16.8. The summed E-state index contributed by atoms with van der Waals surface area (Å²) in [4.78, 5) is 28.6. The average Bonchev–Trinajstić information content (AvgIpc) is 2.69. The lowest BCUT2D eigenvalue weighted by Gasteiger charge is -2.34. The van der Waals surface area contributed by atoms with Crippen LogP contribution in [0.5, 0.6) is 0 Å². The number of hydrogen-bond acceptors (Lipinski definition) is 5. The van der Waals surface area contributed by atoms with Crippen molar-refractivity contribution in [2.24, 2.45) is 5.92 Å². The molecule has 0 aliphatic carbocycles. The maximum absolute atomic E-state index is 12.8. The number of hydrogen-bond donors (Lipinski definition) is 2. The van der Waals surface area contributed by atoms with E-state index < -0.39 is 6.04 Å². The Morgan fingerprint density at radius 3 is 2.54 bits per heavy atom. The van der Waals surface area contributed by atoms with E-state index in [0.717, 1.165) is 42.3 Å². The van der Waals surface area contributed by atoms with E-state index in [2.05, 4.69) is 22.5 Å². The summed E-state index contributed by atoms with van der Waals surface area (Å²) in [5.41, 5.74) is 2.02. The molecule has 2 heterocycles. The van der Waals surface area contributed by atoms with Crippen LogP contribution in [-0.4, -0.2) is 49.4 Å². The van der Waals surface area contributed by atoms with Crippen LogP contribution in [0.4, 0.5) is 4.79 Å². The zero-order valence-corrected chi connectivity index (χ0v) is 17.6. The number of rotatable bonds is 6. The molecule has 2 N–H and O–H groups in total. The molecule has 1 saturated heterocycles. The monoisotopic (exact) mass is 403 g/mol. The Morgan fingerprint density at radius 1 is 1.25 bits per heavy atom. The van der Waals surface area contributed by atoms with Crippen LogP contribution >= 0.6 is 11.8 Å². The van der Waals surface area contributed by atoms with Crippen LogP contribution in [0.2, 0.25) is 0 Å². The second-order valence-electron chi connectivity index (χ2n) is 7.38. The minimum Gasteiger partial charge on any atom is -0.463 e. The number of nitrogens with one attached hydrogen (secondary N) is 2. The number of ether oxygens (including phenoxy) is 1. The van der Waals surface area contributed by atoms with Gasteiger partial charge < -0.3 is 15.4 Å². The van der Waals surface area contributed by atoms with E-state index in [0.29, 0.717) is 24.4 Å². The Morgan fingerprint density at radius 2 is 1.93 bits per heavy atom. The molecule has 1 fully saturated rings. The summed E-state index contributed by atoms with van der Waals surface area (Å²) in [6.45, 7) is 6.84. The minimum absolute atomic E-state index is 0.285. The summed E-state index contributed by atoms with van der Waals surface area (Å²) in [5.74, 6) is 0.342. The first-order chi connectivity index (χ1) is 13.5. The van der Waals surface area contributed by atoms with Crippen molar-refractivity contribution in [3.05, 3.63) is 41.1 Å². The fraction of sp³-hybridized carbons (Fsp3) is 0.524. The minimum atomic E-state index is -0.512. The molecule has 0 spiro atoms. The molecule has 152 valence electrons. The number of nitrogens with zero attached hydrogens (tertiary/aromatic N) is 1. The highest BCUT2D eigenvalue weighted by Crippen LogP contribution is 2.30. The summed E-state index contributed by atoms with van der Waals surface area (Å²) in [6.07, 6.45) is 4.28. The quantitative estimate of drug-likeness (QED) is 0.563. The zero-order chi connectivity index (χ0) is 20.1. The number of amides is 2. The Labute approximate surface area is 171 Å². The second-order valence-corrected chi connectivity index (χ2v) is 8.26. The van der Waals surface area contributed by atoms with Crippen LogP contribution in [0.1, 0.15) is 38.3 Å². The van der Waals surface area contributed by atoms with Crippen molar-refractivity contribution in [3.8, 4) is 0 Å². The van der Waals surface area contributed by atoms with E-state index in [9.17, 15) is 9.59 Å². The molecule has 0 radical (unpaired) electrons. The molecular weight excluding hydrogens is 374 g/mol. The molecule has 0 aromatic heterocycles. The molecule has 2 aliphatic rings. The van der Waals surface area contributed by atoms with Gasteiger partial charge in [0.1, 0.15) is 0 Å². The van der Waals surface area contributed by atoms with Crippen LogP contribution in [0.25, 0.3) is 0 Å². The van der Waals surface area contributed by atoms with Crippen LogP contribution in [0.15, 0.2) is 40.4 Å². The fourth-order valence-electron chi connectivity index (χ4n) is 3.68. The molecule has 1 unspecified atom stereocenters. The molecule has 0 bridgehead atoms. The number of likely N-dealkylation sites (tertiary alicyclic amines) is 1. The van der Waals surface area contributed by atoms with Gasteiger partial charge in [-0.25, -0.2) is 9.59 Å². The molecule has 2 aliphatic heterocycles. The summed E-state index contributed by atoms with van der Waals surface area (Å²) in [7, 11) is 0. The first kappa shape index (κ1) is 20.7. The molecule has 3 rings (SSSR count). The van der Waals surface area contributed by atoms with Gasteiger partial charge in [-0.3, -0.25) is 4.90 Å². The third-order valence-electron chi connectivity index (χ3n) is 5.36. The van der Waals surface area contributed by atoms with E-state index >= 15 is 0 Å². The largest absolute Gasteiger partial charge is 0.463 e. The highest BCUT2D eigenvalue weighted by molar-refractivity contribution is 7.98. The summed E-state index contributed by atoms with van der Waals surface area (Å²) in [5, 5.41) is 5.77. The highest BCUT2D eigenvalue weighted by atomic mass is 32.2. The molecular formula is C21H29N3O3S. The Hall–Kier alpha value is -1.99. The first-order valence-corrected chi connectivity index (χ1v) is 11.1. The van der Waals surface area contributed by atoms with Crippen LogP contribution in [-0.2, 0) is 9.53 Å². The van der Waals surface area contributed by atoms with E-state index in [1.54, 1.807) is 18.7 Å². The van der Waals surface area contributed by atoms with Gasteiger partial charge in [-0.05, 0) is 62.7 Å². The lowest BCUT2D eigenvalue weighted by molar-refractivity contribution is -0.139. The number of esters is 1. The third-order valence-corrected chi connectivity index (χ3v) is 6.10. The highest BCUT2D eigenvalue weighted by Gasteiger charge is 2.34. The van der Waals surface area contributed by atoms with Gasteiger partial charge in [0.25, 0.3) is 0 Å². The molecule has 1 atom stereocenters. The average molecular weight is 404 g/mol. The molecule has 0 saturated carbocycles.